The number of ether oxygens (including phenoxy) is 1. The summed E-state index contributed by atoms with van der Waals surface area (Å²) in [4.78, 5) is 0. The van der Waals surface area contributed by atoms with E-state index in [-0.39, 0.29) is 6.23 Å². The second-order valence-corrected chi connectivity index (χ2v) is 4.96. The van der Waals surface area contributed by atoms with Crippen molar-refractivity contribution in [2.45, 2.75) is 26.0 Å². The first-order valence-electron chi connectivity index (χ1n) is 6.36. The van der Waals surface area contributed by atoms with Crippen LogP contribution in [0.25, 0.3) is 0 Å². The van der Waals surface area contributed by atoms with Gasteiger partial charge in [0.25, 0.3) is 0 Å². The van der Waals surface area contributed by atoms with E-state index in [0.29, 0.717) is 5.92 Å². The predicted octanol–water partition coefficient (Wildman–Crippen LogP) is 4.31. The van der Waals surface area contributed by atoms with Crippen LogP contribution in [0.2, 0.25) is 0 Å². The zero-order chi connectivity index (χ0) is 12.5. The van der Waals surface area contributed by atoms with Crippen LogP contribution >= 0.6 is 0 Å². The van der Waals surface area contributed by atoms with E-state index in [4.69, 9.17) is 4.74 Å². The number of benzene rings is 2. The third-order valence-electron chi connectivity index (χ3n) is 3.32. The summed E-state index contributed by atoms with van der Waals surface area (Å²) in [6.07, 6.45) is -0.0661. The summed E-state index contributed by atoms with van der Waals surface area (Å²) in [6, 6.07) is 16.7. The van der Waals surface area contributed by atoms with Gasteiger partial charge in [-0.15, -0.1) is 0 Å². The zero-order valence-corrected chi connectivity index (χ0v) is 10.7. The molecular formula is C16H17NO. The van der Waals surface area contributed by atoms with Crippen molar-refractivity contribution in [2.24, 2.45) is 0 Å². The van der Waals surface area contributed by atoms with Gasteiger partial charge < -0.3 is 10.1 Å². The number of rotatable bonds is 2. The highest BCUT2D eigenvalue weighted by Crippen LogP contribution is 2.37. The summed E-state index contributed by atoms with van der Waals surface area (Å²) in [5, 5.41) is 3.38. The van der Waals surface area contributed by atoms with E-state index >= 15 is 0 Å². The number of hydrogen-bond acceptors (Lipinski definition) is 2. The number of para-hydroxylation sites is 2. The molecule has 0 fully saturated rings. The van der Waals surface area contributed by atoms with Gasteiger partial charge in [-0.2, -0.15) is 0 Å². The van der Waals surface area contributed by atoms with E-state index in [2.05, 4.69) is 43.4 Å². The molecule has 0 amide bonds. The third kappa shape index (κ3) is 1.94. The Bertz CT molecular complexity index is 520. The quantitative estimate of drug-likeness (QED) is 0.843. The molecule has 0 aliphatic carbocycles. The van der Waals surface area contributed by atoms with Crippen LogP contribution in [0.5, 0.6) is 5.75 Å². The fourth-order valence-corrected chi connectivity index (χ4v) is 2.19. The Kier molecular flexibility index (Phi) is 2.71. The molecule has 2 nitrogen and oxygen atoms in total. The fourth-order valence-electron chi connectivity index (χ4n) is 2.19. The van der Waals surface area contributed by atoms with Gasteiger partial charge in [-0.05, 0) is 23.6 Å². The van der Waals surface area contributed by atoms with E-state index in [1.807, 2.05) is 24.3 Å². The van der Waals surface area contributed by atoms with Gasteiger partial charge in [0.1, 0.15) is 5.75 Å². The number of fused-ring (bicyclic) bond motifs is 1. The Balaban J connectivity index is 1.82. The van der Waals surface area contributed by atoms with Gasteiger partial charge in [-0.1, -0.05) is 50.2 Å². The Morgan fingerprint density at radius 1 is 1.00 bits per heavy atom. The van der Waals surface area contributed by atoms with Gasteiger partial charge in [0.05, 0.1) is 5.69 Å². The molecule has 1 aliphatic heterocycles. The molecular weight excluding hydrogens is 222 g/mol. The molecule has 1 aliphatic rings. The first-order chi connectivity index (χ1) is 8.74. The minimum Gasteiger partial charge on any atom is -0.464 e. The maximum absolute atomic E-state index is 5.88. The summed E-state index contributed by atoms with van der Waals surface area (Å²) in [5.74, 6) is 1.49. The SMILES string of the molecule is CC(C)c1ccc(C2Nc3ccccc3O2)cc1. The van der Waals surface area contributed by atoms with Gasteiger partial charge >= 0.3 is 0 Å². The van der Waals surface area contributed by atoms with E-state index in [1.165, 1.54) is 5.56 Å². The summed E-state index contributed by atoms with van der Waals surface area (Å²) in [5.41, 5.74) is 3.58. The predicted molar refractivity (Wildman–Crippen MR) is 74.0 cm³/mol. The van der Waals surface area contributed by atoms with Gasteiger partial charge in [-0.3, -0.25) is 0 Å². The standard InChI is InChI=1S/C16H17NO/c1-11(2)12-7-9-13(10-8-12)16-17-14-5-3-4-6-15(14)18-16/h3-11,16-17H,1-2H3. The zero-order valence-electron chi connectivity index (χ0n) is 10.7. The molecule has 2 heteroatoms. The summed E-state index contributed by atoms with van der Waals surface area (Å²) in [7, 11) is 0. The van der Waals surface area contributed by atoms with Crippen molar-refractivity contribution in [1.29, 1.82) is 0 Å². The van der Waals surface area contributed by atoms with Crippen molar-refractivity contribution in [3.8, 4) is 5.75 Å². The summed E-state index contributed by atoms with van der Waals surface area (Å²) in [6.45, 7) is 4.41. The monoisotopic (exact) mass is 239 g/mol. The molecule has 0 saturated carbocycles. The smallest absolute Gasteiger partial charge is 0.196 e. The van der Waals surface area contributed by atoms with Crippen LogP contribution in [0.3, 0.4) is 0 Å². The highest BCUT2D eigenvalue weighted by atomic mass is 16.5. The molecule has 2 aromatic carbocycles. The molecule has 3 rings (SSSR count). The molecule has 92 valence electrons. The molecule has 0 aromatic heterocycles. The molecule has 2 aromatic rings. The van der Waals surface area contributed by atoms with Gasteiger partial charge in [0.2, 0.25) is 0 Å². The molecule has 1 N–H and O–H groups in total. The fraction of sp³-hybridized carbons (Fsp3) is 0.250. The van der Waals surface area contributed by atoms with Crippen LogP contribution in [0, 0.1) is 0 Å². The lowest BCUT2D eigenvalue weighted by atomic mass is 10.0. The molecule has 1 heterocycles. The van der Waals surface area contributed by atoms with Crippen molar-refractivity contribution in [1.82, 2.24) is 0 Å². The molecule has 0 bridgehead atoms. The van der Waals surface area contributed by atoms with Crippen LogP contribution in [0.1, 0.15) is 37.1 Å². The Morgan fingerprint density at radius 2 is 1.72 bits per heavy atom. The van der Waals surface area contributed by atoms with Gasteiger partial charge in [0, 0.05) is 5.56 Å². The third-order valence-corrected chi connectivity index (χ3v) is 3.32. The average Bonchev–Trinajstić information content (AvgIpc) is 2.82. The van der Waals surface area contributed by atoms with Crippen molar-refractivity contribution < 1.29 is 4.74 Å². The first-order valence-corrected chi connectivity index (χ1v) is 6.36. The minimum absolute atomic E-state index is 0.0661. The Hall–Kier alpha value is -1.96. The molecule has 18 heavy (non-hydrogen) atoms. The lowest BCUT2D eigenvalue weighted by Crippen LogP contribution is -2.10. The Labute approximate surface area is 108 Å². The molecule has 0 radical (unpaired) electrons. The van der Waals surface area contributed by atoms with Crippen LogP contribution in [0.15, 0.2) is 48.5 Å². The van der Waals surface area contributed by atoms with Crippen molar-refractivity contribution in [3.63, 3.8) is 0 Å². The molecule has 1 unspecified atom stereocenters. The van der Waals surface area contributed by atoms with Crippen LogP contribution < -0.4 is 10.1 Å². The van der Waals surface area contributed by atoms with Gasteiger partial charge in [0.15, 0.2) is 6.23 Å². The normalized spacial score (nSPS) is 17.2. The maximum atomic E-state index is 5.88. The highest BCUT2D eigenvalue weighted by molar-refractivity contribution is 5.60. The lowest BCUT2D eigenvalue weighted by molar-refractivity contribution is 0.260. The average molecular weight is 239 g/mol. The minimum atomic E-state index is -0.0661. The van der Waals surface area contributed by atoms with Crippen molar-refractivity contribution in [2.75, 3.05) is 5.32 Å². The van der Waals surface area contributed by atoms with E-state index in [9.17, 15) is 0 Å². The second-order valence-electron chi connectivity index (χ2n) is 4.96. The summed E-state index contributed by atoms with van der Waals surface area (Å²) >= 11 is 0. The van der Waals surface area contributed by atoms with Crippen LogP contribution in [-0.2, 0) is 0 Å². The molecule has 0 spiro atoms. The largest absolute Gasteiger partial charge is 0.464 e. The number of hydrogen-bond donors (Lipinski definition) is 1. The second kappa shape index (κ2) is 4.37. The van der Waals surface area contributed by atoms with Crippen LogP contribution in [-0.4, -0.2) is 0 Å². The molecule has 0 saturated heterocycles. The van der Waals surface area contributed by atoms with E-state index in [1.54, 1.807) is 0 Å². The summed E-state index contributed by atoms with van der Waals surface area (Å²) < 4.78 is 5.88. The lowest BCUT2D eigenvalue weighted by Gasteiger charge is -2.13. The molecule has 1 atom stereocenters. The van der Waals surface area contributed by atoms with Crippen LogP contribution in [0.4, 0.5) is 5.69 Å². The van der Waals surface area contributed by atoms with Crippen molar-refractivity contribution >= 4 is 5.69 Å². The van der Waals surface area contributed by atoms with Crippen molar-refractivity contribution in [3.05, 3.63) is 59.7 Å². The maximum Gasteiger partial charge on any atom is 0.196 e. The number of anilines is 1. The van der Waals surface area contributed by atoms with E-state index < -0.39 is 0 Å². The topological polar surface area (TPSA) is 21.3 Å². The van der Waals surface area contributed by atoms with E-state index in [0.717, 1.165) is 17.0 Å². The Morgan fingerprint density at radius 3 is 2.39 bits per heavy atom. The highest BCUT2D eigenvalue weighted by Gasteiger charge is 2.22. The van der Waals surface area contributed by atoms with Gasteiger partial charge in [-0.25, -0.2) is 0 Å². The first kappa shape index (κ1) is 11.1. The number of nitrogens with one attached hydrogen (secondary N) is 1.